The van der Waals surface area contributed by atoms with Gasteiger partial charge in [0.1, 0.15) is 11.6 Å². The largest absolute Gasteiger partial charge is 0.497 e. The first kappa shape index (κ1) is 16.4. The fourth-order valence-electron chi connectivity index (χ4n) is 2.77. The molecule has 1 aliphatic heterocycles. The number of carbonyl (C=O) groups excluding carboxylic acids is 1. The summed E-state index contributed by atoms with van der Waals surface area (Å²) >= 11 is 0. The Morgan fingerprint density at radius 3 is 2.96 bits per heavy atom. The lowest BCUT2D eigenvalue weighted by molar-refractivity contribution is -0.131. The zero-order valence-electron chi connectivity index (χ0n) is 14.3. The summed E-state index contributed by atoms with van der Waals surface area (Å²) in [5.74, 6) is 1.96. The predicted molar refractivity (Wildman–Crippen MR) is 89.7 cm³/mol. The lowest BCUT2D eigenvalue weighted by Gasteiger charge is -2.28. The quantitative estimate of drug-likeness (QED) is 0.861. The average Bonchev–Trinajstić information content (AvgIpc) is 2.60. The number of rotatable bonds is 4. The zero-order valence-corrected chi connectivity index (χ0v) is 14.3. The SMILES string of the molecule is COc1ccnc(CC(=O)N2CCc3nc(C(C)C)ncc3C2)c1. The van der Waals surface area contributed by atoms with Crippen LogP contribution in [0.5, 0.6) is 5.75 Å². The third kappa shape index (κ3) is 3.53. The third-order valence-corrected chi connectivity index (χ3v) is 4.18. The van der Waals surface area contributed by atoms with Crippen LogP contribution >= 0.6 is 0 Å². The Hall–Kier alpha value is -2.50. The Bertz CT molecular complexity index is 746. The zero-order chi connectivity index (χ0) is 17.1. The van der Waals surface area contributed by atoms with E-state index in [1.165, 1.54) is 0 Å². The summed E-state index contributed by atoms with van der Waals surface area (Å²) in [6.45, 7) is 5.42. The van der Waals surface area contributed by atoms with Gasteiger partial charge >= 0.3 is 0 Å². The maximum absolute atomic E-state index is 12.6. The normalized spacial score (nSPS) is 13.8. The van der Waals surface area contributed by atoms with E-state index in [0.717, 1.165) is 29.2 Å². The maximum Gasteiger partial charge on any atom is 0.228 e. The summed E-state index contributed by atoms with van der Waals surface area (Å²) in [4.78, 5) is 27.7. The number of carbonyl (C=O) groups is 1. The Balaban J connectivity index is 1.69. The minimum atomic E-state index is 0.0642. The van der Waals surface area contributed by atoms with Gasteiger partial charge in [0.2, 0.25) is 5.91 Å². The van der Waals surface area contributed by atoms with Gasteiger partial charge in [0.05, 0.1) is 24.9 Å². The second kappa shape index (κ2) is 6.95. The number of pyridine rings is 1. The third-order valence-electron chi connectivity index (χ3n) is 4.18. The van der Waals surface area contributed by atoms with E-state index in [1.807, 2.05) is 11.1 Å². The van der Waals surface area contributed by atoms with E-state index < -0.39 is 0 Å². The first-order valence-corrected chi connectivity index (χ1v) is 8.18. The molecule has 0 aliphatic carbocycles. The molecule has 0 unspecified atom stereocenters. The lowest BCUT2D eigenvalue weighted by atomic mass is 10.1. The van der Waals surface area contributed by atoms with E-state index >= 15 is 0 Å². The summed E-state index contributed by atoms with van der Waals surface area (Å²) in [6.07, 6.45) is 4.57. The highest BCUT2D eigenvalue weighted by molar-refractivity contribution is 5.78. The summed E-state index contributed by atoms with van der Waals surface area (Å²) in [6, 6.07) is 3.57. The van der Waals surface area contributed by atoms with Crippen LogP contribution in [0.25, 0.3) is 0 Å². The van der Waals surface area contributed by atoms with Crippen molar-refractivity contribution in [2.45, 2.75) is 39.2 Å². The molecule has 1 amide bonds. The standard InChI is InChI=1S/C18H22N4O2/c1-12(2)18-20-10-13-11-22(7-5-16(13)21-18)17(23)9-14-8-15(24-3)4-6-19-14/h4,6,8,10,12H,5,7,9,11H2,1-3H3. The number of ether oxygens (including phenoxy) is 1. The first-order valence-electron chi connectivity index (χ1n) is 8.18. The van der Waals surface area contributed by atoms with Gasteiger partial charge in [0.15, 0.2) is 0 Å². The smallest absolute Gasteiger partial charge is 0.228 e. The molecular formula is C18H22N4O2. The highest BCUT2D eigenvalue weighted by Gasteiger charge is 2.23. The maximum atomic E-state index is 12.6. The van der Waals surface area contributed by atoms with Crippen LogP contribution in [0.3, 0.4) is 0 Å². The number of nitrogens with zero attached hydrogens (tertiary/aromatic N) is 4. The summed E-state index contributed by atoms with van der Waals surface area (Å²) < 4.78 is 5.18. The van der Waals surface area contributed by atoms with E-state index in [9.17, 15) is 4.79 Å². The minimum absolute atomic E-state index is 0.0642. The minimum Gasteiger partial charge on any atom is -0.497 e. The number of aromatic nitrogens is 3. The molecule has 2 aromatic rings. The van der Waals surface area contributed by atoms with Crippen molar-refractivity contribution >= 4 is 5.91 Å². The van der Waals surface area contributed by atoms with Crippen LogP contribution in [0.2, 0.25) is 0 Å². The number of hydrogen-bond acceptors (Lipinski definition) is 5. The molecule has 0 atom stereocenters. The molecule has 3 heterocycles. The van der Waals surface area contributed by atoms with Gasteiger partial charge in [-0.25, -0.2) is 9.97 Å². The van der Waals surface area contributed by atoms with E-state index in [2.05, 4.69) is 28.8 Å². The molecule has 0 aromatic carbocycles. The molecule has 0 saturated heterocycles. The molecule has 0 fully saturated rings. The number of amides is 1. The average molecular weight is 326 g/mol. The van der Waals surface area contributed by atoms with Gasteiger partial charge in [-0.1, -0.05) is 13.8 Å². The van der Waals surface area contributed by atoms with Gasteiger partial charge in [0.25, 0.3) is 0 Å². The Morgan fingerprint density at radius 1 is 1.38 bits per heavy atom. The van der Waals surface area contributed by atoms with Crippen LogP contribution in [0, 0.1) is 0 Å². The Morgan fingerprint density at radius 2 is 2.21 bits per heavy atom. The highest BCUT2D eigenvalue weighted by Crippen LogP contribution is 2.20. The van der Waals surface area contributed by atoms with Crippen molar-refractivity contribution < 1.29 is 9.53 Å². The first-order chi connectivity index (χ1) is 11.6. The molecule has 0 spiro atoms. The molecule has 3 rings (SSSR count). The van der Waals surface area contributed by atoms with Crippen molar-refractivity contribution in [3.05, 3.63) is 47.3 Å². The highest BCUT2D eigenvalue weighted by atomic mass is 16.5. The number of hydrogen-bond donors (Lipinski definition) is 0. The van der Waals surface area contributed by atoms with E-state index in [1.54, 1.807) is 25.4 Å². The van der Waals surface area contributed by atoms with E-state index in [-0.39, 0.29) is 12.3 Å². The molecule has 126 valence electrons. The van der Waals surface area contributed by atoms with Crippen molar-refractivity contribution in [1.82, 2.24) is 19.9 Å². The molecule has 6 heteroatoms. The van der Waals surface area contributed by atoms with Gasteiger partial charge in [-0.05, 0) is 6.07 Å². The van der Waals surface area contributed by atoms with Crippen LogP contribution < -0.4 is 4.74 Å². The van der Waals surface area contributed by atoms with E-state index in [0.29, 0.717) is 24.8 Å². The summed E-state index contributed by atoms with van der Waals surface area (Å²) in [5.41, 5.74) is 2.83. The molecule has 0 saturated carbocycles. The van der Waals surface area contributed by atoms with Gasteiger partial charge in [-0.2, -0.15) is 0 Å². The van der Waals surface area contributed by atoms with Crippen molar-refractivity contribution in [3.63, 3.8) is 0 Å². The van der Waals surface area contributed by atoms with Gasteiger partial charge < -0.3 is 9.64 Å². The van der Waals surface area contributed by atoms with Crippen LogP contribution in [0.15, 0.2) is 24.5 Å². The van der Waals surface area contributed by atoms with Gasteiger partial charge in [0, 0.05) is 49.5 Å². The Labute approximate surface area is 141 Å². The molecule has 0 N–H and O–H groups in total. The number of fused-ring (bicyclic) bond motifs is 1. The number of methoxy groups -OCH3 is 1. The molecule has 24 heavy (non-hydrogen) atoms. The van der Waals surface area contributed by atoms with Crippen LogP contribution in [0.4, 0.5) is 0 Å². The molecule has 6 nitrogen and oxygen atoms in total. The summed E-state index contributed by atoms with van der Waals surface area (Å²) in [7, 11) is 1.61. The van der Waals surface area contributed by atoms with Crippen LogP contribution in [0.1, 0.15) is 42.5 Å². The second-order valence-corrected chi connectivity index (χ2v) is 6.28. The van der Waals surface area contributed by atoms with Gasteiger partial charge in [-0.3, -0.25) is 9.78 Å². The monoisotopic (exact) mass is 326 g/mol. The van der Waals surface area contributed by atoms with Crippen molar-refractivity contribution in [2.75, 3.05) is 13.7 Å². The Kier molecular flexibility index (Phi) is 4.74. The summed E-state index contributed by atoms with van der Waals surface area (Å²) in [5, 5.41) is 0. The molecule has 2 aromatic heterocycles. The van der Waals surface area contributed by atoms with Crippen LogP contribution in [-0.2, 0) is 24.2 Å². The molecule has 0 radical (unpaired) electrons. The second-order valence-electron chi connectivity index (χ2n) is 6.28. The molecule has 1 aliphatic rings. The van der Waals surface area contributed by atoms with E-state index in [4.69, 9.17) is 4.74 Å². The predicted octanol–water partition coefficient (Wildman–Crippen LogP) is 2.13. The molecular weight excluding hydrogens is 304 g/mol. The van der Waals surface area contributed by atoms with Crippen molar-refractivity contribution in [1.29, 1.82) is 0 Å². The van der Waals surface area contributed by atoms with Crippen molar-refractivity contribution in [3.8, 4) is 5.75 Å². The topological polar surface area (TPSA) is 68.2 Å². The van der Waals surface area contributed by atoms with Gasteiger partial charge in [-0.15, -0.1) is 0 Å². The lowest BCUT2D eigenvalue weighted by Crippen LogP contribution is -2.37. The van der Waals surface area contributed by atoms with Crippen molar-refractivity contribution in [2.24, 2.45) is 0 Å². The van der Waals surface area contributed by atoms with Crippen LogP contribution in [-0.4, -0.2) is 39.4 Å². The fraction of sp³-hybridized carbons (Fsp3) is 0.444. The molecule has 0 bridgehead atoms. The fourth-order valence-corrected chi connectivity index (χ4v) is 2.77.